The van der Waals surface area contributed by atoms with Crippen LogP contribution in [0.5, 0.6) is 0 Å². The Bertz CT molecular complexity index is 707. The molecule has 0 aliphatic heterocycles. The summed E-state index contributed by atoms with van der Waals surface area (Å²) in [7, 11) is 1.24. The Balaban J connectivity index is 2.75. The number of rotatable bonds is 8. The molecule has 0 aliphatic carbocycles. The number of hydrogen-bond donors (Lipinski definition) is 2. The van der Waals surface area contributed by atoms with Crippen LogP contribution in [0.3, 0.4) is 0 Å². The second-order valence-electron chi connectivity index (χ2n) is 6.21. The smallest absolute Gasteiger partial charge is 0.355 e. The molecule has 1 amide bonds. The summed E-state index contributed by atoms with van der Waals surface area (Å²) in [4.78, 5) is 50.4. The summed E-state index contributed by atoms with van der Waals surface area (Å²) in [5.41, 5.74) is 1.61. The summed E-state index contributed by atoms with van der Waals surface area (Å²) in [6.07, 6.45) is 0.661. The minimum Gasteiger partial charge on any atom is -0.467 e. The maximum atomic E-state index is 12.2. The number of methoxy groups -OCH3 is 1. The zero-order valence-corrected chi connectivity index (χ0v) is 16.0. The summed E-state index contributed by atoms with van der Waals surface area (Å²) in [6.45, 7) is 7.87. The average molecular weight is 366 g/mol. The standard InChI is InChI=1S/C18H26N2O6/c1-7-9(2)15(17(23)25-6)20-13(22)8-26-18(24)16-10(3)14(12(5)21)11(4)19-16/h9,15,19H,7-8H2,1-6H3,(H,20,22). The number of ketones is 1. The molecule has 1 heterocycles. The van der Waals surface area contributed by atoms with E-state index in [0.29, 0.717) is 23.2 Å². The van der Waals surface area contributed by atoms with Gasteiger partial charge in [0.1, 0.15) is 11.7 Å². The number of hydrogen-bond acceptors (Lipinski definition) is 6. The Morgan fingerprint density at radius 2 is 1.81 bits per heavy atom. The van der Waals surface area contributed by atoms with Crippen LogP contribution in [0.25, 0.3) is 0 Å². The molecule has 0 fully saturated rings. The fourth-order valence-corrected chi connectivity index (χ4v) is 2.70. The number of esters is 2. The second-order valence-corrected chi connectivity index (χ2v) is 6.21. The average Bonchev–Trinajstić information content (AvgIpc) is 2.90. The molecule has 8 heteroatoms. The van der Waals surface area contributed by atoms with Crippen LogP contribution in [0.1, 0.15) is 59.3 Å². The molecule has 1 aromatic rings. The number of aromatic amines is 1. The number of aryl methyl sites for hydroxylation is 1. The normalized spacial score (nSPS) is 12.8. The largest absolute Gasteiger partial charge is 0.467 e. The molecule has 2 N–H and O–H groups in total. The topological polar surface area (TPSA) is 115 Å². The van der Waals surface area contributed by atoms with Crippen molar-refractivity contribution in [2.45, 2.75) is 47.1 Å². The monoisotopic (exact) mass is 366 g/mol. The predicted octanol–water partition coefficient (Wildman–Crippen LogP) is 1.69. The van der Waals surface area contributed by atoms with Gasteiger partial charge < -0.3 is 19.8 Å². The lowest BCUT2D eigenvalue weighted by Gasteiger charge is -2.21. The van der Waals surface area contributed by atoms with Crippen molar-refractivity contribution in [3.05, 3.63) is 22.5 Å². The molecule has 0 spiro atoms. The highest BCUT2D eigenvalue weighted by Gasteiger charge is 2.27. The quantitative estimate of drug-likeness (QED) is 0.534. The van der Waals surface area contributed by atoms with Gasteiger partial charge >= 0.3 is 11.9 Å². The third-order valence-electron chi connectivity index (χ3n) is 4.31. The molecule has 0 saturated carbocycles. The highest BCUT2D eigenvalue weighted by Crippen LogP contribution is 2.19. The van der Waals surface area contributed by atoms with Crippen molar-refractivity contribution in [1.29, 1.82) is 0 Å². The van der Waals surface area contributed by atoms with E-state index in [1.165, 1.54) is 14.0 Å². The summed E-state index contributed by atoms with van der Waals surface area (Å²) < 4.78 is 9.69. The molecule has 144 valence electrons. The highest BCUT2D eigenvalue weighted by molar-refractivity contribution is 6.01. The van der Waals surface area contributed by atoms with Crippen LogP contribution in [0.2, 0.25) is 0 Å². The Morgan fingerprint density at radius 1 is 1.19 bits per heavy atom. The third kappa shape index (κ3) is 4.93. The molecule has 26 heavy (non-hydrogen) atoms. The number of H-pyrrole nitrogens is 1. The van der Waals surface area contributed by atoms with E-state index >= 15 is 0 Å². The van der Waals surface area contributed by atoms with E-state index in [1.54, 1.807) is 13.8 Å². The SMILES string of the molecule is CCC(C)C(NC(=O)COC(=O)c1[nH]c(C)c(C(C)=O)c1C)C(=O)OC. The number of carbonyl (C=O) groups is 4. The third-order valence-corrected chi connectivity index (χ3v) is 4.31. The van der Waals surface area contributed by atoms with Gasteiger partial charge in [-0.05, 0) is 32.3 Å². The van der Waals surface area contributed by atoms with E-state index in [2.05, 4.69) is 15.0 Å². The molecule has 8 nitrogen and oxygen atoms in total. The molecule has 0 radical (unpaired) electrons. The summed E-state index contributed by atoms with van der Waals surface area (Å²) in [5, 5.41) is 2.52. The highest BCUT2D eigenvalue weighted by atomic mass is 16.5. The first-order valence-electron chi connectivity index (χ1n) is 8.38. The maximum absolute atomic E-state index is 12.2. The fourth-order valence-electron chi connectivity index (χ4n) is 2.70. The molecule has 2 atom stereocenters. The van der Waals surface area contributed by atoms with Crippen LogP contribution in [-0.2, 0) is 19.1 Å². The number of aromatic nitrogens is 1. The maximum Gasteiger partial charge on any atom is 0.355 e. The van der Waals surface area contributed by atoms with Crippen molar-refractivity contribution >= 4 is 23.6 Å². The van der Waals surface area contributed by atoms with E-state index in [4.69, 9.17) is 4.74 Å². The van der Waals surface area contributed by atoms with Gasteiger partial charge in [0, 0.05) is 11.3 Å². The van der Waals surface area contributed by atoms with Gasteiger partial charge in [-0.15, -0.1) is 0 Å². The lowest BCUT2D eigenvalue weighted by molar-refractivity contribution is -0.147. The second kappa shape index (κ2) is 9.17. The van der Waals surface area contributed by atoms with Crippen LogP contribution >= 0.6 is 0 Å². The predicted molar refractivity (Wildman–Crippen MR) is 94.0 cm³/mol. The molecule has 0 saturated heterocycles. The van der Waals surface area contributed by atoms with Gasteiger partial charge in [0.25, 0.3) is 5.91 Å². The van der Waals surface area contributed by atoms with Gasteiger partial charge in [0.2, 0.25) is 0 Å². The first-order chi connectivity index (χ1) is 12.1. The molecule has 1 rings (SSSR count). The molecule has 0 aromatic carbocycles. The summed E-state index contributed by atoms with van der Waals surface area (Å²) in [5.74, 6) is -2.20. The summed E-state index contributed by atoms with van der Waals surface area (Å²) in [6, 6.07) is -0.810. The zero-order chi connectivity index (χ0) is 20.0. The number of nitrogens with one attached hydrogen (secondary N) is 2. The van der Waals surface area contributed by atoms with Crippen molar-refractivity contribution < 1.29 is 28.7 Å². The molecule has 0 bridgehead atoms. The van der Waals surface area contributed by atoms with E-state index in [0.717, 1.165) is 0 Å². The van der Waals surface area contributed by atoms with Gasteiger partial charge in [-0.2, -0.15) is 0 Å². The van der Waals surface area contributed by atoms with Crippen molar-refractivity contribution in [1.82, 2.24) is 10.3 Å². The van der Waals surface area contributed by atoms with Crippen LogP contribution < -0.4 is 5.32 Å². The molecule has 1 aromatic heterocycles. The van der Waals surface area contributed by atoms with Crippen LogP contribution in [0, 0.1) is 19.8 Å². The number of ether oxygens (including phenoxy) is 2. The van der Waals surface area contributed by atoms with Crippen molar-refractivity contribution in [2.75, 3.05) is 13.7 Å². The fraction of sp³-hybridized carbons (Fsp3) is 0.556. The Labute approximate surface area is 152 Å². The van der Waals surface area contributed by atoms with Gasteiger partial charge in [-0.3, -0.25) is 9.59 Å². The van der Waals surface area contributed by atoms with Crippen LogP contribution in [0.4, 0.5) is 0 Å². The van der Waals surface area contributed by atoms with Crippen LogP contribution in [0.15, 0.2) is 0 Å². The zero-order valence-electron chi connectivity index (χ0n) is 16.0. The van der Waals surface area contributed by atoms with E-state index in [1.807, 2.05) is 13.8 Å². The number of amides is 1. The molecule has 0 aliphatic rings. The molecular weight excluding hydrogens is 340 g/mol. The Morgan fingerprint density at radius 3 is 2.27 bits per heavy atom. The Hall–Kier alpha value is -2.64. The number of Topliss-reactive ketones (excluding diaryl/α,β-unsaturated/α-hetero) is 1. The Kier molecular flexibility index (Phi) is 7.55. The lowest BCUT2D eigenvalue weighted by Crippen LogP contribution is -2.47. The minimum atomic E-state index is -0.810. The molecule has 2 unspecified atom stereocenters. The van der Waals surface area contributed by atoms with Gasteiger partial charge in [0.05, 0.1) is 7.11 Å². The van der Waals surface area contributed by atoms with Crippen molar-refractivity contribution in [3.8, 4) is 0 Å². The van der Waals surface area contributed by atoms with E-state index in [-0.39, 0.29) is 17.4 Å². The van der Waals surface area contributed by atoms with Gasteiger partial charge in [0.15, 0.2) is 12.4 Å². The van der Waals surface area contributed by atoms with Gasteiger partial charge in [-0.25, -0.2) is 9.59 Å². The first-order valence-corrected chi connectivity index (χ1v) is 8.38. The van der Waals surface area contributed by atoms with Gasteiger partial charge in [-0.1, -0.05) is 20.3 Å². The molecular formula is C18H26N2O6. The van der Waals surface area contributed by atoms with Crippen molar-refractivity contribution in [3.63, 3.8) is 0 Å². The van der Waals surface area contributed by atoms with Crippen molar-refractivity contribution in [2.24, 2.45) is 5.92 Å². The van der Waals surface area contributed by atoms with E-state index in [9.17, 15) is 19.2 Å². The lowest BCUT2D eigenvalue weighted by atomic mass is 9.99. The van der Waals surface area contributed by atoms with Crippen LogP contribution in [-0.4, -0.2) is 48.4 Å². The summed E-state index contributed by atoms with van der Waals surface area (Å²) >= 11 is 0. The van der Waals surface area contributed by atoms with E-state index < -0.39 is 30.5 Å². The first kappa shape index (κ1) is 21.4. The minimum absolute atomic E-state index is 0.131. The number of carbonyl (C=O) groups excluding carboxylic acids is 4.